The van der Waals surface area contributed by atoms with Crippen LogP contribution in [0.5, 0.6) is 0 Å². The van der Waals surface area contributed by atoms with Gasteiger partial charge >= 0.3 is 0 Å². The Morgan fingerprint density at radius 2 is 1.76 bits per heavy atom. The minimum absolute atomic E-state index is 0.0908. The number of nitrogens with zero attached hydrogens (tertiary/aromatic N) is 1. The Morgan fingerprint density at radius 1 is 1.10 bits per heavy atom. The third kappa shape index (κ3) is 2.35. The van der Waals surface area contributed by atoms with Gasteiger partial charge in [0.25, 0.3) is 5.56 Å². The highest BCUT2D eigenvalue weighted by atomic mass is 16.1. The molecule has 108 valence electrons. The van der Waals surface area contributed by atoms with Gasteiger partial charge < -0.3 is 4.57 Å². The second-order valence-electron chi connectivity index (χ2n) is 6.15. The van der Waals surface area contributed by atoms with Gasteiger partial charge in [0, 0.05) is 28.1 Å². The van der Waals surface area contributed by atoms with Gasteiger partial charge in [0.1, 0.15) is 0 Å². The Hall–Kier alpha value is -2.09. The van der Waals surface area contributed by atoms with Crippen LogP contribution in [0.2, 0.25) is 0 Å². The van der Waals surface area contributed by atoms with E-state index in [1.54, 1.807) is 0 Å². The maximum absolute atomic E-state index is 12.8. The Balaban J connectivity index is 2.22. The Labute approximate surface area is 124 Å². The lowest BCUT2D eigenvalue weighted by atomic mass is 10.0. The first-order valence-corrected chi connectivity index (χ1v) is 7.62. The van der Waals surface area contributed by atoms with E-state index in [1.807, 2.05) is 22.8 Å². The molecule has 0 atom stereocenters. The van der Waals surface area contributed by atoms with Crippen LogP contribution in [0.1, 0.15) is 26.7 Å². The second-order valence-corrected chi connectivity index (χ2v) is 6.15. The number of benzene rings is 2. The molecular weight excluding hydrogens is 258 g/mol. The molecule has 0 N–H and O–H groups in total. The topological polar surface area (TPSA) is 22.0 Å². The van der Waals surface area contributed by atoms with Gasteiger partial charge in [0.05, 0.1) is 0 Å². The first-order valence-electron chi connectivity index (χ1n) is 7.62. The van der Waals surface area contributed by atoms with Crippen molar-refractivity contribution in [2.75, 3.05) is 0 Å². The first-order chi connectivity index (χ1) is 10.1. The van der Waals surface area contributed by atoms with Crippen molar-refractivity contribution in [2.45, 2.75) is 33.2 Å². The molecule has 0 fully saturated rings. The highest BCUT2D eigenvalue weighted by Gasteiger charge is 2.10. The Morgan fingerprint density at radius 3 is 2.43 bits per heavy atom. The number of hydrogen-bond donors (Lipinski definition) is 0. The minimum Gasteiger partial charge on any atom is -0.308 e. The molecule has 0 aliphatic rings. The fourth-order valence-electron chi connectivity index (χ4n) is 3.07. The SMILES string of the molecule is C=c1c2cccc3cccc(c(=O)n1CCCC(C)C)c32. The molecule has 0 aliphatic carbocycles. The molecule has 0 amide bonds. The van der Waals surface area contributed by atoms with E-state index in [2.05, 4.69) is 38.6 Å². The van der Waals surface area contributed by atoms with Crippen LogP contribution in [0, 0.1) is 5.92 Å². The highest BCUT2D eigenvalue weighted by Crippen LogP contribution is 2.21. The van der Waals surface area contributed by atoms with E-state index in [9.17, 15) is 4.79 Å². The quantitative estimate of drug-likeness (QED) is 0.713. The smallest absolute Gasteiger partial charge is 0.258 e. The summed E-state index contributed by atoms with van der Waals surface area (Å²) in [6.45, 7) is 9.35. The lowest BCUT2D eigenvalue weighted by molar-refractivity contribution is 0.503. The fourth-order valence-corrected chi connectivity index (χ4v) is 3.07. The molecule has 0 saturated carbocycles. The second kappa shape index (κ2) is 5.36. The molecule has 0 spiro atoms. The van der Waals surface area contributed by atoms with Crippen molar-refractivity contribution in [2.24, 2.45) is 5.92 Å². The summed E-state index contributed by atoms with van der Waals surface area (Å²) in [5.74, 6) is 0.661. The fraction of sp³-hybridized carbons (Fsp3) is 0.316. The molecule has 0 radical (unpaired) electrons. The van der Waals surface area contributed by atoms with Crippen molar-refractivity contribution < 1.29 is 0 Å². The van der Waals surface area contributed by atoms with Crippen LogP contribution >= 0.6 is 0 Å². The maximum atomic E-state index is 12.8. The van der Waals surface area contributed by atoms with Gasteiger partial charge in [-0.25, -0.2) is 0 Å². The molecule has 2 nitrogen and oxygen atoms in total. The van der Waals surface area contributed by atoms with Gasteiger partial charge in [-0.1, -0.05) is 50.8 Å². The Kier molecular flexibility index (Phi) is 3.54. The van der Waals surface area contributed by atoms with Crippen LogP contribution in [-0.2, 0) is 6.54 Å². The van der Waals surface area contributed by atoms with Crippen molar-refractivity contribution >= 4 is 28.1 Å². The van der Waals surface area contributed by atoms with E-state index in [1.165, 1.54) is 0 Å². The molecule has 0 aliphatic heterocycles. The van der Waals surface area contributed by atoms with Gasteiger partial charge in [-0.05, 0) is 30.2 Å². The predicted octanol–water partition coefficient (Wildman–Crippen LogP) is 3.72. The van der Waals surface area contributed by atoms with Crippen molar-refractivity contribution in [3.05, 3.63) is 52.1 Å². The van der Waals surface area contributed by atoms with E-state index in [-0.39, 0.29) is 5.56 Å². The summed E-state index contributed by atoms with van der Waals surface area (Å²) in [5, 5.41) is 4.90. The minimum atomic E-state index is 0.0908. The van der Waals surface area contributed by atoms with Gasteiger partial charge in [-0.15, -0.1) is 0 Å². The van der Waals surface area contributed by atoms with Crippen LogP contribution < -0.4 is 10.9 Å². The number of pyridine rings is 1. The number of rotatable bonds is 4. The van der Waals surface area contributed by atoms with Crippen molar-refractivity contribution in [1.82, 2.24) is 4.57 Å². The molecule has 1 heterocycles. The maximum Gasteiger partial charge on any atom is 0.258 e. The van der Waals surface area contributed by atoms with E-state index >= 15 is 0 Å². The lowest BCUT2D eigenvalue weighted by Crippen LogP contribution is -2.33. The monoisotopic (exact) mass is 279 g/mol. The molecule has 0 bridgehead atoms. The zero-order chi connectivity index (χ0) is 15.0. The zero-order valence-electron chi connectivity index (χ0n) is 12.7. The van der Waals surface area contributed by atoms with Crippen LogP contribution in [0.3, 0.4) is 0 Å². The molecule has 0 unspecified atom stereocenters. The summed E-state index contributed by atoms with van der Waals surface area (Å²) in [6.07, 6.45) is 2.14. The highest BCUT2D eigenvalue weighted by molar-refractivity contribution is 6.09. The molecule has 1 aromatic heterocycles. The third-order valence-corrected chi connectivity index (χ3v) is 4.18. The van der Waals surface area contributed by atoms with Crippen LogP contribution in [0.4, 0.5) is 0 Å². The number of hydrogen-bond acceptors (Lipinski definition) is 1. The standard InChI is InChI=1S/C19H21NO/c1-13(2)7-6-12-20-14(3)16-10-4-8-15-9-5-11-17(18(15)16)19(20)21/h4-5,8-11,13H,3,6-7,12H2,1-2H3. The van der Waals surface area contributed by atoms with Crippen molar-refractivity contribution in [3.8, 4) is 0 Å². The third-order valence-electron chi connectivity index (χ3n) is 4.18. The molecule has 0 saturated heterocycles. The Bertz CT molecular complexity index is 826. The lowest BCUT2D eigenvalue weighted by Gasteiger charge is -2.13. The van der Waals surface area contributed by atoms with Gasteiger partial charge in [-0.2, -0.15) is 0 Å². The molecule has 3 aromatic rings. The summed E-state index contributed by atoms with van der Waals surface area (Å²) in [4.78, 5) is 12.8. The summed E-state index contributed by atoms with van der Waals surface area (Å²) in [5.41, 5.74) is 0.0908. The van der Waals surface area contributed by atoms with Crippen LogP contribution in [-0.4, -0.2) is 4.57 Å². The van der Waals surface area contributed by atoms with Gasteiger partial charge in [0.2, 0.25) is 0 Å². The molecular formula is C19H21NO. The first kappa shape index (κ1) is 13.9. The van der Waals surface area contributed by atoms with E-state index in [0.29, 0.717) is 5.92 Å². The molecule has 2 aromatic carbocycles. The summed E-state index contributed by atoms with van der Waals surface area (Å²) in [7, 11) is 0. The zero-order valence-corrected chi connectivity index (χ0v) is 12.7. The molecule has 3 rings (SSSR count). The van der Waals surface area contributed by atoms with Gasteiger partial charge in [-0.3, -0.25) is 4.79 Å². The van der Waals surface area contributed by atoms with E-state index in [4.69, 9.17) is 0 Å². The summed E-state index contributed by atoms with van der Waals surface area (Å²) >= 11 is 0. The molecule has 2 heteroatoms. The van der Waals surface area contributed by atoms with Crippen molar-refractivity contribution in [3.63, 3.8) is 0 Å². The largest absolute Gasteiger partial charge is 0.308 e. The van der Waals surface area contributed by atoms with Gasteiger partial charge in [0.15, 0.2) is 0 Å². The van der Waals surface area contributed by atoms with E-state index in [0.717, 1.165) is 46.3 Å². The van der Waals surface area contributed by atoms with Crippen molar-refractivity contribution in [1.29, 1.82) is 0 Å². The predicted molar refractivity (Wildman–Crippen MR) is 90.5 cm³/mol. The summed E-state index contributed by atoms with van der Waals surface area (Å²) < 4.78 is 1.85. The van der Waals surface area contributed by atoms with Crippen LogP contribution in [0.15, 0.2) is 41.2 Å². The summed E-state index contributed by atoms with van der Waals surface area (Å²) in [6, 6.07) is 12.1. The van der Waals surface area contributed by atoms with Crippen LogP contribution in [0.25, 0.3) is 28.1 Å². The average molecular weight is 279 g/mol. The van der Waals surface area contributed by atoms with E-state index < -0.39 is 0 Å². The normalized spacial score (nSPS) is 11.8. The average Bonchev–Trinajstić information content (AvgIpc) is 2.47. The molecule has 21 heavy (non-hydrogen) atoms. The number of aromatic nitrogens is 1.